The van der Waals surface area contributed by atoms with Crippen LogP contribution in [0.1, 0.15) is 89.3 Å². The van der Waals surface area contributed by atoms with Gasteiger partial charge in [0.25, 0.3) is 11.8 Å². The molecule has 0 aliphatic carbocycles. The molecular formula is C39H44ClF3N6O6S. The van der Waals surface area contributed by atoms with Gasteiger partial charge in [-0.1, -0.05) is 29.8 Å². The molecule has 0 radical (unpaired) electrons. The fourth-order valence-electron chi connectivity index (χ4n) is 5.89. The number of alkyl halides is 3. The van der Waals surface area contributed by atoms with Gasteiger partial charge in [-0.15, -0.1) is 0 Å². The second kappa shape index (κ2) is 21.3. The van der Waals surface area contributed by atoms with E-state index in [1.54, 1.807) is 30.3 Å². The third-order valence-electron chi connectivity index (χ3n) is 8.74. The lowest BCUT2D eigenvalue weighted by molar-refractivity contribution is -0.141. The Morgan fingerprint density at radius 3 is 2.46 bits per heavy atom. The summed E-state index contributed by atoms with van der Waals surface area (Å²) in [6.45, 7) is 3.25. The molecule has 0 bridgehead atoms. The smallest absolute Gasteiger partial charge is 0.417 e. The monoisotopic (exact) mass is 816 g/mol. The van der Waals surface area contributed by atoms with E-state index in [-0.39, 0.29) is 35.6 Å². The zero-order valence-corrected chi connectivity index (χ0v) is 32.3. The predicted octanol–water partition coefficient (Wildman–Crippen LogP) is 6.86. The van der Waals surface area contributed by atoms with E-state index in [0.29, 0.717) is 36.5 Å². The molecule has 0 saturated carbocycles. The summed E-state index contributed by atoms with van der Waals surface area (Å²) in [6, 6.07) is 14.4. The van der Waals surface area contributed by atoms with Gasteiger partial charge in [-0.05, 0) is 92.1 Å². The summed E-state index contributed by atoms with van der Waals surface area (Å²) in [5.74, 6) is -1.74. The second-order valence-corrected chi connectivity index (χ2v) is 14.6. The maximum Gasteiger partial charge on any atom is 0.417 e. The highest BCUT2D eigenvalue weighted by atomic mass is 35.5. The number of carboxylic acid groups (broad SMARTS) is 1. The molecule has 3 aromatic rings. The molecular weight excluding hydrogens is 773 g/mol. The number of rotatable bonds is 18. The largest absolute Gasteiger partial charge is 0.480 e. The highest BCUT2D eigenvalue weighted by Gasteiger charge is 2.33. The quantitative estimate of drug-likeness (QED) is 0.0527. The highest BCUT2D eigenvalue weighted by Crippen LogP contribution is 2.35. The molecule has 1 aliphatic rings. The van der Waals surface area contributed by atoms with Crippen molar-refractivity contribution in [2.24, 2.45) is 5.10 Å². The van der Waals surface area contributed by atoms with Crippen LogP contribution in [-0.4, -0.2) is 72.3 Å². The average Bonchev–Trinajstić information content (AvgIpc) is 3.16. The van der Waals surface area contributed by atoms with Gasteiger partial charge in [0.1, 0.15) is 6.04 Å². The third-order valence-corrected chi connectivity index (χ3v) is 10.1. The summed E-state index contributed by atoms with van der Waals surface area (Å²) in [5.41, 5.74) is 3.71. The van der Waals surface area contributed by atoms with Gasteiger partial charge in [-0.2, -0.15) is 30.0 Å². The Hall–Kier alpha value is -5.09. The molecule has 17 heteroatoms. The Bertz CT molecular complexity index is 1910. The van der Waals surface area contributed by atoms with Crippen LogP contribution in [0.3, 0.4) is 0 Å². The van der Waals surface area contributed by atoms with Crippen LogP contribution in [0.25, 0.3) is 0 Å². The molecule has 0 unspecified atom stereocenters. The lowest BCUT2D eigenvalue weighted by atomic mass is 10.1. The molecule has 1 heterocycles. The van der Waals surface area contributed by atoms with Crippen molar-refractivity contribution in [2.45, 2.75) is 69.8 Å². The molecule has 56 heavy (non-hydrogen) atoms. The van der Waals surface area contributed by atoms with Gasteiger partial charge in [0.2, 0.25) is 11.8 Å². The number of carbonyl (C=O) groups excluding carboxylic acids is 4. The first kappa shape index (κ1) is 43.6. The number of nitrogens with zero attached hydrogens (tertiary/aromatic N) is 2. The number of hydrazone groups is 1. The number of aliphatic carboxylic acids is 1. The maximum atomic E-state index is 13.5. The van der Waals surface area contributed by atoms with Crippen molar-refractivity contribution in [3.8, 4) is 0 Å². The van der Waals surface area contributed by atoms with E-state index in [1.165, 1.54) is 24.8 Å². The van der Waals surface area contributed by atoms with Gasteiger partial charge < -0.3 is 26.0 Å². The Balaban J connectivity index is 1.33. The third kappa shape index (κ3) is 13.9. The standard InChI is InChI=1S/C39H44ClF3N6O6S/c1-25(50)46-34(38(54)55)10-3-4-16-44-35(51)15-19-56-24-27-8-7-9-28(20-27)36(52)47-33-14-12-29(49-17-5-2-6-18-49)22-30(33)37(53)48-45-23-26-11-13-32(40)31(21-26)39(41,42)43/h7-9,11-14,20-23,34H,2-6,10,15-19,24H2,1H3,(H,44,51)(H,46,50)(H,47,52)(H,48,53)(H,54,55)/b45-23+/t34-/m0/s1. The van der Waals surface area contributed by atoms with Crippen LogP contribution in [0.4, 0.5) is 24.5 Å². The molecule has 1 atom stereocenters. The number of hydrogen-bond donors (Lipinski definition) is 5. The van der Waals surface area contributed by atoms with E-state index in [9.17, 15) is 42.3 Å². The van der Waals surface area contributed by atoms with E-state index < -0.39 is 46.5 Å². The number of benzene rings is 3. The summed E-state index contributed by atoms with van der Waals surface area (Å²) in [7, 11) is 0. The zero-order valence-electron chi connectivity index (χ0n) is 30.7. The summed E-state index contributed by atoms with van der Waals surface area (Å²) >= 11 is 7.23. The number of unbranched alkanes of at least 4 members (excludes halogenated alkanes) is 1. The number of amides is 4. The Labute approximate surface area is 332 Å². The normalized spacial score (nSPS) is 13.6. The number of carboxylic acids is 1. The van der Waals surface area contributed by atoms with Crippen LogP contribution in [-0.2, 0) is 26.3 Å². The van der Waals surface area contributed by atoms with Crippen LogP contribution in [0.5, 0.6) is 0 Å². The maximum absolute atomic E-state index is 13.5. The van der Waals surface area contributed by atoms with Crippen LogP contribution in [0, 0.1) is 0 Å². The molecule has 1 aliphatic heterocycles. The molecule has 4 rings (SSSR count). The minimum Gasteiger partial charge on any atom is -0.480 e. The Kier molecular flexibility index (Phi) is 16.6. The topological polar surface area (TPSA) is 169 Å². The lowest BCUT2D eigenvalue weighted by Crippen LogP contribution is -2.39. The zero-order chi connectivity index (χ0) is 40.7. The van der Waals surface area contributed by atoms with E-state index in [0.717, 1.165) is 62.0 Å². The van der Waals surface area contributed by atoms with Crippen molar-refractivity contribution in [1.29, 1.82) is 0 Å². The van der Waals surface area contributed by atoms with E-state index in [2.05, 4.69) is 31.4 Å². The van der Waals surface area contributed by atoms with Gasteiger partial charge in [0.05, 0.1) is 28.1 Å². The van der Waals surface area contributed by atoms with Crippen LogP contribution < -0.4 is 26.3 Å². The number of piperidine rings is 1. The summed E-state index contributed by atoms with van der Waals surface area (Å²) in [4.78, 5) is 63.7. The molecule has 0 aromatic heterocycles. The summed E-state index contributed by atoms with van der Waals surface area (Å²) < 4.78 is 40.0. The van der Waals surface area contributed by atoms with Crippen LogP contribution >= 0.6 is 23.4 Å². The fourth-order valence-corrected chi connectivity index (χ4v) is 7.00. The van der Waals surface area contributed by atoms with Crippen molar-refractivity contribution in [2.75, 3.05) is 35.6 Å². The summed E-state index contributed by atoms with van der Waals surface area (Å²) in [5, 5.41) is 20.6. The first-order valence-corrected chi connectivity index (χ1v) is 19.6. The Morgan fingerprint density at radius 1 is 0.982 bits per heavy atom. The molecule has 1 saturated heterocycles. The lowest BCUT2D eigenvalue weighted by Gasteiger charge is -2.29. The van der Waals surface area contributed by atoms with Gasteiger partial charge in [0, 0.05) is 55.7 Å². The number of thioether (sulfide) groups is 1. The van der Waals surface area contributed by atoms with Crippen molar-refractivity contribution in [3.05, 3.63) is 93.5 Å². The number of hydrogen-bond acceptors (Lipinski definition) is 8. The van der Waals surface area contributed by atoms with Crippen LogP contribution in [0.2, 0.25) is 5.02 Å². The van der Waals surface area contributed by atoms with Crippen molar-refractivity contribution < 1.29 is 42.3 Å². The van der Waals surface area contributed by atoms with Crippen molar-refractivity contribution in [3.63, 3.8) is 0 Å². The number of anilines is 2. The first-order valence-electron chi connectivity index (χ1n) is 18.0. The summed E-state index contributed by atoms with van der Waals surface area (Å²) in [6.07, 6.45) is 1.12. The fraction of sp³-hybridized carbons (Fsp3) is 0.385. The van der Waals surface area contributed by atoms with E-state index in [1.807, 2.05) is 12.1 Å². The second-order valence-electron chi connectivity index (χ2n) is 13.1. The van der Waals surface area contributed by atoms with Crippen molar-refractivity contribution in [1.82, 2.24) is 16.1 Å². The van der Waals surface area contributed by atoms with E-state index in [4.69, 9.17) is 11.6 Å². The van der Waals surface area contributed by atoms with Gasteiger partial charge in [-0.3, -0.25) is 19.2 Å². The molecule has 12 nitrogen and oxygen atoms in total. The number of carbonyl (C=O) groups is 5. The van der Waals surface area contributed by atoms with Gasteiger partial charge >= 0.3 is 12.1 Å². The number of halogens is 4. The average molecular weight is 817 g/mol. The van der Waals surface area contributed by atoms with E-state index >= 15 is 0 Å². The predicted molar refractivity (Wildman–Crippen MR) is 211 cm³/mol. The molecule has 300 valence electrons. The van der Waals surface area contributed by atoms with Crippen LogP contribution in [0.15, 0.2) is 65.8 Å². The minimum absolute atomic E-state index is 0.0698. The Morgan fingerprint density at radius 2 is 1.75 bits per heavy atom. The molecule has 3 aromatic carbocycles. The first-order chi connectivity index (χ1) is 26.7. The van der Waals surface area contributed by atoms with Crippen molar-refractivity contribution >= 4 is 70.6 Å². The minimum atomic E-state index is -4.67. The number of nitrogens with one attached hydrogen (secondary N) is 4. The highest BCUT2D eigenvalue weighted by molar-refractivity contribution is 7.98. The molecule has 5 N–H and O–H groups in total. The molecule has 1 fully saturated rings. The van der Waals surface area contributed by atoms with Gasteiger partial charge in [-0.25, -0.2) is 10.2 Å². The molecule has 4 amide bonds. The SMILES string of the molecule is CC(=O)N[C@@H](CCCCNC(=O)CCSCc1cccc(C(=O)Nc2ccc(N3CCCCC3)cc2C(=O)N/N=C/c2ccc(Cl)c(C(F)(F)F)c2)c1)C(=O)O. The van der Waals surface area contributed by atoms with Gasteiger partial charge in [0.15, 0.2) is 0 Å². The molecule has 0 spiro atoms.